The molecule has 6 amide bonds. The van der Waals surface area contributed by atoms with Crippen molar-refractivity contribution in [3.8, 4) is 0 Å². The Labute approximate surface area is 432 Å². The van der Waals surface area contributed by atoms with E-state index in [0.29, 0.717) is 23.1 Å². The van der Waals surface area contributed by atoms with Gasteiger partial charge in [0, 0.05) is 42.9 Å². The molecule has 0 aliphatic rings. The lowest BCUT2D eigenvalue weighted by Gasteiger charge is -2.32. The van der Waals surface area contributed by atoms with Crippen LogP contribution < -0.4 is 31.9 Å². The van der Waals surface area contributed by atoms with Crippen molar-refractivity contribution in [2.75, 3.05) is 6.54 Å². The molecule has 396 valence electrons. The van der Waals surface area contributed by atoms with E-state index in [1.165, 1.54) is 0 Å². The molecular formula is C56H71N7O11. The SMILES string of the molecule is CC(OC(C)(C)C)C(NC(=O)C(CCCCNC(=O)OC(C)(C)C)NC(=O)C(Cc1c[nH]c2ccccc12)NC(=O)C(Cc1ccccc1)NC(=O)OCc1ccccc1)C(=O)NC(Cc1ccccc1)C(=O)O. The molecule has 0 saturated carbocycles. The molecule has 0 aliphatic heterocycles. The molecule has 5 rings (SSSR count). The molecule has 18 nitrogen and oxygen atoms in total. The van der Waals surface area contributed by atoms with Crippen molar-refractivity contribution < 1.29 is 52.9 Å². The number of amides is 6. The Bertz CT molecular complexity index is 2630. The first-order valence-corrected chi connectivity index (χ1v) is 24.8. The minimum absolute atomic E-state index is 0.0125. The molecule has 0 radical (unpaired) electrons. The van der Waals surface area contributed by atoms with Gasteiger partial charge in [-0.25, -0.2) is 14.4 Å². The van der Waals surface area contributed by atoms with Crippen LogP contribution in [-0.4, -0.2) is 106 Å². The van der Waals surface area contributed by atoms with Gasteiger partial charge in [0.05, 0.1) is 11.7 Å². The zero-order chi connectivity index (χ0) is 53.8. The number of H-pyrrole nitrogens is 1. The number of unbranched alkanes of at least 4 members (excludes halogenated alkanes) is 1. The average Bonchev–Trinajstić information content (AvgIpc) is 3.75. The summed E-state index contributed by atoms with van der Waals surface area (Å²) in [4.78, 5) is 99.8. The maximum absolute atomic E-state index is 14.9. The van der Waals surface area contributed by atoms with Gasteiger partial charge in [-0.05, 0) is 96.0 Å². The highest BCUT2D eigenvalue weighted by Crippen LogP contribution is 2.21. The van der Waals surface area contributed by atoms with Gasteiger partial charge in [-0.15, -0.1) is 0 Å². The van der Waals surface area contributed by atoms with E-state index in [4.69, 9.17) is 14.2 Å². The Morgan fingerprint density at radius 1 is 0.554 bits per heavy atom. The van der Waals surface area contributed by atoms with Gasteiger partial charge in [-0.1, -0.05) is 109 Å². The highest BCUT2D eigenvalue weighted by atomic mass is 16.6. The summed E-state index contributed by atoms with van der Waals surface area (Å²) in [6.45, 7) is 12.2. The molecular weight excluding hydrogens is 947 g/mol. The van der Waals surface area contributed by atoms with E-state index in [2.05, 4.69) is 36.9 Å². The highest BCUT2D eigenvalue weighted by Gasteiger charge is 2.37. The second-order valence-electron chi connectivity index (χ2n) is 20.1. The van der Waals surface area contributed by atoms with Crippen LogP contribution in [0.25, 0.3) is 10.9 Å². The number of para-hydroxylation sites is 1. The third-order valence-corrected chi connectivity index (χ3v) is 11.5. The average molecular weight is 1020 g/mol. The molecule has 5 aromatic rings. The zero-order valence-electron chi connectivity index (χ0n) is 43.2. The number of carbonyl (C=O) groups excluding carboxylic acids is 6. The standard InChI is InChI=1S/C56H71N7O11/c1-36(73-55(2,3)4)47(51(67)61-46(52(68)69)32-38-23-13-9-14-24-38)63-48(64)43(29-19-20-30-57-53(70)74-56(5,6)7)59-50(66)45(33-40-34-58-42-28-18-17-27-41(40)42)60-49(65)44(31-37-21-11-8-12-22-37)62-54(71)72-35-39-25-15-10-16-26-39/h8-18,21-28,34,36,43-47,58H,19-20,29-33,35H2,1-7H3,(H,57,70)(H,59,66)(H,60,65)(H,61,67)(H,62,71)(H,63,64)(H,68,69). The van der Waals surface area contributed by atoms with Crippen LogP contribution in [0, 0.1) is 0 Å². The predicted octanol–water partition coefficient (Wildman–Crippen LogP) is 6.41. The van der Waals surface area contributed by atoms with Gasteiger partial charge < -0.3 is 56.2 Å². The number of aromatic amines is 1. The van der Waals surface area contributed by atoms with Crippen molar-refractivity contribution >= 4 is 52.7 Å². The summed E-state index contributed by atoms with van der Waals surface area (Å²) >= 11 is 0. The largest absolute Gasteiger partial charge is 0.480 e. The Kier molecular flexibility index (Phi) is 21.1. The topological polar surface area (TPSA) is 255 Å². The molecule has 0 aliphatic carbocycles. The first kappa shape index (κ1) is 57.2. The zero-order valence-corrected chi connectivity index (χ0v) is 43.2. The molecule has 4 aromatic carbocycles. The molecule has 6 unspecified atom stereocenters. The number of aliphatic carboxylic acids is 1. The lowest BCUT2D eigenvalue weighted by atomic mass is 10.0. The monoisotopic (exact) mass is 1020 g/mol. The van der Waals surface area contributed by atoms with E-state index in [9.17, 15) is 38.7 Å². The molecule has 1 aromatic heterocycles. The fourth-order valence-corrected chi connectivity index (χ4v) is 8.07. The van der Waals surface area contributed by atoms with E-state index in [0.717, 1.165) is 16.5 Å². The van der Waals surface area contributed by atoms with Crippen LogP contribution in [0.4, 0.5) is 9.59 Å². The summed E-state index contributed by atoms with van der Waals surface area (Å²) < 4.78 is 17.0. The van der Waals surface area contributed by atoms with E-state index in [1.54, 1.807) is 134 Å². The van der Waals surface area contributed by atoms with Crippen LogP contribution in [0.2, 0.25) is 0 Å². The van der Waals surface area contributed by atoms with Crippen LogP contribution in [0.3, 0.4) is 0 Å². The number of nitrogens with one attached hydrogen (secondary N) is 7. The van der Waals surface area contributed by atoms with Gasteiger partial charge in [-0.2, -0.15) is 0 Å². The molecule has 1 heterocycles. The Morgan fingerprint density at radius 2 is 1.07 bits per heavy atom. The van der Waals surface area contributed by atoms with Gasteiger partial charge in [-0.3, -0.25) is 19.2 Å². The van der Waals surface area contributed by atoms with E-state index in [-0.39, 0.29) is 45.3 Å². The molecule has 0 bridgehead atoms. The number of alkyl carbamates (subject to hydrolysis) is 2. The van der Waals surface area contributed by atoms with Crippen LogP contribution in [0.5, 0.6) is 0 Å². The van der Waals surface area contributed by atoms with E-state index >= 15 is 0 Å². The third-order valence-electron chi connectivity index (χ3n) is 11.5. The lowest BCUT2D eigenvalue weighted by Crippen LogP contribution is -2.61. The predicted molar refractivity (Wildman–Crippen MR) is 280 cm³/mol. The smallest absolute Gasteiger partial charge is 0.408 e. The number of hydrogen-bond donors (Lipinski definition) is 8. The summed E-state index contributed by atoms with van der Waals surface area (Å²) in [5.74, 6) is -4.42. The maximum atomic E-state index is 14.9. The van der Waals surface area contributed by atoms with Crippen LogP contribution in [0.15, 0.2) is 121 Å². The quantitative estimate of drug-likeness (QED) is 0.0296. The Balaban J connectivity index is 1.45. The Hall–Kier alpha value is -7.73. The maximum Gasteiger partial charge on any atom is 0.408 e. The van der Waals surface area contributed by atoms with Crippen molar-refractivity contribution in [1.29, 1.82) is 0 Å². The van der Waals surface area contributed by atoms with Crippen LogP contribution >= 0.6 is 0 Å². The summed E-state index contributed by atoms with van der Waals surface area (Å²) in [7, 11) is 0. The van der Waals surface area contributed by atoms with Gasteiger partial charge in [0.15, 0.2) is 0 Å². The number of fused-ring (bicyclic) bond motifs is 1. The fourth-order valence-electron chi connectivity index (χ4n) is 8.07. The molecule has 6 atom stereocenters. The summed E-state index contributed by atoms with van der Waals surface area (Å²) in [5.41, 5.74) is 2.00. The minimum atomic E-state index is -1.46. The Morgan fingerprint density at radius 3 is 1.65 bits per heavy atom. The molecule has 74 heavy (non-hydrogen) atoms. The van der Waals surface area contributed by atoms with Gasteiger partial charge >= 0.3 is 18.2 Å². The fraction of sp³-hybridized carbons (Fsp3) is 0.411. The third kappa shape index (κ3) is 19.4. The molecule has 8 N–H and O–H groups in total. The van der Waals surface area contributed by atoms with Crippen LogP contribution in [-0.2, 0) is 64.1 Å². The molecule has 18 heteroatoms. The number of aromatic nitrogens is 1. The second-order valence-corrected chi connectivity index (χ2v) is 20.1. The number of hydrogen-bond acceptors (Lipinski definition) is 10. The molecule has 0 saturated heterocycles. The number of ether oxygens (including phenoxy) is 3. The molecule has 0 fully saturated rings. The van der Waals surface area contributed by atoms with E-state index in [1.807, 2.05) is 36.4 Å². The van der Waals surface area contributed by atoms with Gasteiger partial charge in [0.1, 0.15) is 42.4 Å². The number of benzene rings is 4. The first-order chi connectivity index (χ1) is 35.1. The van der Waals surface area contributed by atoms with Crippen molar-refractivity contribution in [3.05, 3.63) is 144 Å². The number of carboxylic acids is 1. The highest BCUT2D eigenvalue weighted by molar-refractivity contribution is 5.96. The summed E-state index contributed by atoms with van der Waals surface area (Å²) in [6, 6.07) is 27.4. The summed E-state index contributed by atoms with van der Waals surface area (Å²) in [6.07, 6.45) is -0.264. The number of carbonyl (C=O) groups is 7. The van der Waals surface area contributed by atoms with Crippen molar-refractivity contribution in [2.45, 2.75) is 141 Å². The second kappa shape index (κ2) is 27.4. The molecule has 0 spiro atoms. The van der Waals surface area contributed by atoms with Crippen molar-refractivity contribution in [2.24, 2.45) is 0 Å². The number of rotatable bonds is 25. The van der Waals surface area contributed by atoms with Gasteiger partial charge in [0.25, 0.3) is 0 Å². The van der Waals surface area contributed by atoms with E-state index < -0.39 is 89.3 Å². The minimum Gasteiger partial charge on any atom is -0.480 e. The first-order valence-electron chi connectivity index (χ1n) is 24.8. The van der Waals surface area contributed by atoms with Gasteiger partial charge in [0.2, 0.25) is 23.6 Å². The summed E-state index contributed by atoms with van der Waals surface area (Å²) in [5, 5.41) is 27.4. The van der Waals surface area contributed by atoms with Crippen LogP contribution in [0.1, 0.15) is 90.0 Å². The van der Waals surface area contributed by atoms with Crippen molar-refractivity contribution in [1.82, 2.24) is 36.9 Å². The lowest BCUT2D eigenvalue weighted by molar-refractivity contribution is -0.145. The number of carboxylic acid groups (broad SMARTS) is 1. The van der Waals surface area contributed by atoms with Crippen molar-refractivity contribution in [3.63, 3.8) is 0 Å². The normalized spacial score (nSPS) is 13.9.